The van der Waals surface area contributed by atoms with E-state index in [4.69, 9.17) is 5.11 Å². The number of carboxylic acids is 1. The molecule has 0 amide bonds. The summed E-state index contributed by atoms with van der Waals surface area (Å²) in [6.07, 6.45) is 0.222. The lowest BCUT2D eigenvalue weighted by Gasteiger charge is -1.94. The molecule has 0 bridgehead atoms. The fourth-order valence-corrected chi connectivity index (χ4v) is 0.130. The molecule has 0 heterocycles. The fourth-order valence-electron chi connectivity index (χ4n) is 0.130. The molecule has 0 aromatic rings. The molecule has 5 heteroatoms. The summed E-state index contributed by atoms with van der Waals surface area (Å²) in [7, 11) is 0. The van der Waals surface area contributed by atoms with Gasteiger partial charge in [0.05, 0.1) is 13.2 Å². The van der Waals surface area contributed by atoms with Gasteiger partial charge in [0.15, 0.2) is 0 Å². The zero-order valence-corrected chi connectivity index (χ0v) is 7.70. The van der Waals surface area contributed by atoms with E-state index < -0.39 is 5.97 Å². The standard InChI is InChI=1S/C4H10O3.C3H6O2/c1-3-5-7-6-4-2;1-2-3(4)5/h3-4H2,1-2H3;2H2,1H3,(H,4,5). The van der Waals surface area contributed by atoms with Crippen LogP contribution in [0.5, 0.6) is 0 Å². The maximum absolute atomic E-state index is 9.37. The van der Waals surface area contributed by atoms with E-state index in [1.165, 1.54) is 0 Å². The van der Waals surface area contributed by atoms with Crippen LogP contribution in [0.25, 0.3) is 0 Å². The molecular weight excluding hydrogens is 164 g/mol. The third kappa shape index (κ3) is 22.8. The van der Waals surface area contributed by atoms with Gasteiger partial charge < -0.3 is 5.11 Å². The Morgan fingerprint density at radius 1 is 1.17 bits per heavy atom. The Morgan fingerprint density at radius 3 is 1.67 bits per heavy atom. The Bertz CT molecular complexity index is 89.8. The van der Waals surface area contributed by atoms with Crippen molar-refractivity contribution in [1.82, 2.24) is 0 Å². The molecule has 0 unspecified atom stereocenters. The van der Waals surface area contributed by atoms with E-state index in [0.29, 0.717) is 13.2 Å². The van der Waals surface area contributed by atoms with E-state index >= 15 is 0 Å². The average molecular weight is 180 g/mol. The first-order valence-electron chi connectivity index (χ1n) is 3.81. The summed E-state index contributed by atoms with van der Waals surface area (Å²) in [5.41, 5.74) is 0. The molecule has 12 heavy (non-hydrogen) atoms. The number of hydrogen-bond donors (Lipinski definition) is 1. The van der Waals surface area contributed by atoms with Crippen molar-refractivity contribution in [2.75, 3.05) is 13.2 Å². The highest BCUT2D eigenvalue weighted by Crippen LogP contribution is 1.77. The van der Waals surface area contributed by atoms with Crippen molar-refractivity contribution in [2.24, 2.45) is 0 Å². The minimum atomic E-state index is -0.745. The summed E-state index contributed by atoms with van der Waals surface area (Å²) in [6, 6.07) is 0. The van der Waals surface area contributed by atoms with Gasteiger partial charge in [0.1, 0.15) is 0 Å². The number of carbonyl (C=O) groups is 1. The lowest BCUT2D eigenvalue weighted by atomic mass is 10.5. The second kappa shape index (κ2) is 13.0. The Morgan fingerprint density at radius 2 is 1.50 bits per heavy atom. The second-order valence-corrected chi connectivity index (χ2v) is 1.63. The first kappa shape index (κ1) is 13.9. The van der Waals surface area contributed by atoms with Crippen LogP contribution in [-0.4, -0.2) is 24.3 Å². The van der Waals surface area contributed by atoms with Crippen LogP contribution in [0.1, 0.15) is 27.2 Å². The predicted octanol–water partition coefficient (Wildman–Crippen LogP) is 1.39. The van der Waals surface area contributed by atoms with E-state index in [0.717, 1.165) is 0 Å². The summed E-state index contributed by atoms with van der Waals surface area (Å²) >= 11 is 0. The van der Waals surface area contributed by atoms with E-state index in [9.17, 15) is 4.79 Å². The Labute approximate surface area is 72.1 Å². The van der Waals surface area contributed by atoms with Crippen molar-refractivity contribution in [1.29, 1.82) is 0 Å². The van der Waals surface area contributed by atoms with Crippen LogP contribution < -0.4 is 0 Å². The quantitative estimate of drug-likeness (QED) is 0.393. The molecule has 0 aliphatic rings. The maximum Gasteiger partial charge on any atom is 0.303 e. The largest absolute Gasteiger partial charge is 0.481 e. The van der Waals surface area contributed by atoms with Crippen LogP contribution in [0.2, 0.25) is 0 Å². The van der Waals surface area contributed by atoms with E-state index in [2.05, 4.69) is 14.8 Å². The molecule has 0 spiro atoms. The van der Waals surface area contributed by atoms with Crippen LogP contribution in [-0.2, 0) is 19.6 Å². The van der Waals surface area contributed by atoms with Gasteiger partial charge in [-0.1, -0.05) is 12.0 Å². The minimum absolute atomic E-state index is 0.222. The van der Waals surface area contributed by atoms with Crippen molar-refractivity contribution in [2.45, 2.75) is 27.2 Å². The van der Waals surface area contributed by atoms with Gasteiger partial charge in [0.2, 0.25) is 0 Å². The van der Waals surface area contributed by atoms with Crippen molar-refractivity contribution >= 4 is 5.97 Å². The van der Waals surface area contributed by atoms with Crippen LogP contribution in [0.15, 0.2) is 0 Å². The molecule has 0 rings (SSSR count). The van der Waals surface area contributed by atoms with Crippen molar-refractivity contribution in [3.05, 3.63) is 0 Å². The van der Waals surface area contributed by atoms with Gasteiger partial charge in [0.25, 0.3) is 0 Å². The SMILES string of the molecule is CCC(=O)O.CCOOOCC. The van der Waals surface area contributed by atoms with Gasteiger partial charge in [0, 0.05) is 6.42 Å². The molecule has 0 aromatic heterocycles. The van der Waals surface area contributed by atoms with E-state index in [1.54, 1.807) is 6.92 Å². The van der Waals surface area contributed by atoms with Crippen molar-refractivity contribution < 1.29 is 24.7 Å². The third-order valence-electron chi connectivity index (χ3n) is 0.634. The first-order chi connectivity index (χ1) is 5.68. The normalized spacial score (nSPS) is 8.58. The van der Waals surface area contributed by atoms with Gasteiger partial charge in [-0.2, -0.15) is 0 Å². The Hall–Kier alpha value is -0.650. The highest BCUT2D eigenvalue weighted by Gasteiger charge is 1.80. The Kier molecular flexibility index (Phi) is 15.0. The zero-order chi connectivity index (χ0) is 9.82. The number of rotatable bonds is 5. The molecule has 0 atom stereocenters. The number of carboxylic acid groups (broad SMARTS) is 1. The lowest BCUT2D eigenvalue weighted by molar-refractivity contribution is -0.509. The minimum Gasteiger partial charge on any atom is -0.481 e. The van der Waals surface area contributed by atoms with Gasteiger partial charge in [-0.15, -0.1) is 0 Å². The molecule has 0 saturated carbocycles. The summed E-state index contributed by atoms with van der Waals surface area (Å²) in [5.74, 6) is -0.745. The molecule has 0 aromatic carbocycles. The van der Waals surface area contributed by atoms with E-state index in [-0.39, 0.29) is 6.42 Å². The highest BCUT2D eigenvalue weighted by atomic mass is 17.5. The number of aliphatic carboxylic acids is 1. The van der Waals surface area contributed by atoms with Crippen LogP contribution >= 0.6 is 0 Å². The molecule has 0 saturated heterocycles. The lowest BCUT2D eigenvalue weighted by Crippen LogP contribution is -1.94. The summed E-state index contributed by atoms with van der Waals surface area (Å²) in [5, 5.41) is 11.9. The van der Waals surface area contributed by atoms with E-state index in [1.807, 2.05) is 13.8 Å². The Balaban J connectivity index is 0. The summed E-state index contributed by atoms with van der Waals surface area (Å²) < 4.78 is 0. The molecule has 0 aliphatic heterocycles. The average Bonchev–Trinajstić information content (AvgIpc) is 2.07. The molecule has 0 fully saturated rings. The smallest absolute Gasteiger partial charge is 0.303 e. The van der Waals surface area contributed by atoms with Crippen molar-refractivity contribution in [3.8, 4) is 0 Å². The van der Waals surface area contributed by atoms with Crippen LogP contribution in [0, 0.1) is 0 Å². The molecule has 1 N–H and O–H groups in total. The van der Waals surface area contributed by atoms with Gasteiger partial charge in [-0.25, -0.2) is 9.78 Å². The number of hydrogen-bond acceptors (Lipinski definition) is 4. The van der Waals surface area contributed by atoms with Crippen LogP contribution in [0.4, 0.5) is 0 Å². The van der Waals surface area contributed by atoms with Crippen LogP contribution in [0.3, 0.4) is 0 Å². The highest BCUT2D eigenvalue weighted by molar-refractivity contribution is 5.66. The zero-order valence-electron chi connectivity index (χ0n) is 7.70. The van der Waals surface area contributed by atoms with Gasteiger partial charge >= 0.3 is 5.97 Å². The second-order valence-electron chi connectivity index (χ2n) is 1.63. The first-order valence-corrected chi connectivity index (χ1v) is 3.81. The molecule has 5 nitrogen and oxygen atoms in total. The monoisotopic (exact) mass is 180 g/mol. The predicted molar refractivity (Wildman–Crippen MR) is 42.3 cm³/mol. The molecule has 0 aliphatic carbocycles. The van der Waals surface area contributed by atoms with Gasteiger partial charge in [-0.05, 0) is 13.8 Å². The molecular formula is C7H16O5. The summed E-state index contributed by atoms with van der Waals surface area (Å²) in [6.45, 7) is 6.26. The maximum atomic E-state index is 9.37. The third-order valence-corrected chi connectivity index (χ3v) is 0.634. The van der Waals surface area contributed by atoms with Gasteiger partial charge in [-0.3, -0.25) is 4.79 Å². The topological polar surface area (TPSA) is 65.0 Å². The molecule has 0 radical (unpaired) electrons. The fraction of sp³-hybridized carbons (Fsp3) is 0.857. The molecule has 74 valence electrons. The summed E-state index contributed by atoms with van der Waals surface area (Å²) in [4.78, 5) is 18.1. The van der Waals surface area contributed by atoms with Crippen molar-refractivity contribution in [3.63, 3.8) is 0 Å².